The van der Waals surface area contributed by atoms with Crippen molar-refractivity contribution in [1.29, 1.82) is 0 Å². The first-order valence-corrected chi connectivity index (χ1v) is 8.12. The van der Waals surface area contributed by atoms with Crippen LogP contribution in [0, 0.1) is 5.82 Å². The first-order chi connectivity index (χ1) is 12.1. The van der Waals surface area contributed by atoms with E-state index in [9.17, 15) is 14.0 Å². The Balaban J connectivity index is 1.36. The molecule has 1 heterocycles. The van der Waals surface area contributed by atoms with Crippen molar-refractivity contribution in [2.75, 3.05) is 13.1 Å². The summed E-state index contributed by atoms with van der Waals surface area (Å²) < 4.78 is 18.8. The molecule has 1 aliphatic rings. The summed E-state index contributed by atoms with van der Waals surface area (Å²) in [5.74, 6) is -0.150. The van der Waals surface area contributed by atoms with Gasteiger partial charge in [-0.2, -0.15) is 0 Å². The lowest BCUT2D eigenvalue weighted by molar-refractivity contribution is -0.125. The van der Waals surface area contributed by atoms with Gasteiger partial charge in [0.15, 0.2) is 0 Å². The highest BCUT2D eigenvalue weighted by Crippen LogP contribution is 2.27. The Labute approximate surface area is 145 Å². The molecule has 2 aromatic carbocycles. The van der Waals surface area contributed by atoms with Crippen LogP contribution in [0.4, 0.5) is 4.39 Å². The first kappa shape index (κ1) is 17.0. The van der Waals surface area contributed by atoms with Crippen LogP contribution in [0.3, 0.4) is 0 Å². The summed E-state index contributed by atoms with van der Waals surface area (Å²) in [6.45, 7) is 0.265. The zero-order valence-electron chi connectivity index (χ0n) is 13.6. The van der Waals surface area contributed by atoms with Crippen molar-refractivity contribution < 1.29 is 18.7 Å². The number of hydrogen-bond acceptors (Lipinski definition) is 3. The minimum atomic E-state index is -0.388. The van der Waals surface area contributed by atoms with Gasteiger partial charge in [0.25, 0.3) is 0 Å². The molecule has 3 rings (SSSR count). The maximum Gasteiger partial charge on any atom is 0.239 e. The second kappa shape index (κ2) is 7.79. The summed E-state index contributed by atoms with van der Waals surface area (Å²) in [5.41, 5.74) is 1.69. The maximum absolute atomic E-state index is 13.1. The number of para-hydroxylation sites is 1. The lowest BCUT2D eigenvalue weighted by Gasteiger charge is -2.12. The summed E-state index contributed by atoms with van der Waals surface area (Å²) in [5, 5.41) is 5.28. The number of carbonyl (C=O) groups is 2. The largest absolute Gasteiger partial charge is 0.488 e. The SMILES string of the molecule is O=C(CNC(=O)Cc1cccc(F)c1)NCC1Cc2ccccc2O1. The number of rotatable bonds is 6. The van der Waals surface area contributed by atoms with Crippen LogP contribution in [0.5, 0.6) is 5.75 Å². The first-order valence-electron chi connectivity index (χ1n) is 8.12. The number of nitrogens with one attached hydrogen (secondary N) is 2. The second-order valence-electron chi connectivity index (χ2n) is 5.94. The van der Waals surface area contributed by atoms with Crippen molar-refractivity contribution in [3.63, 3.8) is 0 Å². The predicted molar refractivity (Wildman–Crippen MR) is 90.7 cm³/mol. The van der Waals surface area contributed by atoms with Crippen LogP contribution in [0.1, 0.15) is 11.1 Å². The highest BCUT2D eigenvalue weighted by molar-refractivity contribution is 5.85. The zero-order valence-corrected chi connectivity index (χ0v) is 13.6. The van der Waals surface area contributed by atoms with Gasteiger partial charge in [0.1, 0.15) is 17.7 Å². The van der Waals surface area contributed by atoms with E-state index in [1.807, 2.05) is 24.3 Å². The smallest absolute Gasteiger partial charge is 0.239 e. The van der Waals surface area contributed by atoms with Crippen molar-refractivity contribution in [1.82, 2.24) is 10.6 Å². The number of amides is 2. The lowest BCUT2D eigenvalue weighted by atomic mass is 10.1. The Bertz CT molecular complexity index is 754. The molecule has 6 heteroatoms. The summed E-state index contributed by atoms with van der Waals surface area (Å²) in [6, 6.07) is 13.6. The summed E-state index contributed by atoms with van der Waals surface area (Å²) >= 11 is 0. The van der Waals surface area contributed by atoms with Crippen LogP contribution in [0.15, 0.2) is 48.5 Å². The molecule has 0 saturated carbocycles. The van der Waals surface area contributed by atoms with E-state index in [0.717, 1.165) is 17.7 Å². The van der Waals surface area contributed by atoms with Crippen LogP contribution in [0.25, 0.3) is 0 Å². The van der Waals surface area contributed by atoms with E-state index < -0.39 is 0 Å². The van der Waals surface area contributed by atoms with Gasteiger partial charge in [-0.25, -0.2) is 4.39 Å². The monoisotopic (exact) mass is 342 g/mol. The fourth-order valence-electron chi connectivity index (χ4n) is 2.73. The fourth-order valence-corrected chi connectivity index (χ4v) is 2.73. The van der Waals surface area contributed by atoms with Gasteiger partial charge in [-0.05, 0) is 29.3 Å². The normalized spacial score (nSPS) is 15.2. The molecule has 5 nitrogen and oxygen atoms in total. The highest BCUT2D eigenvalue weighted by Gasteiger charge is 2.22. The Hall–Kier alpha value is -2.89. The molecule has 1 aliphatic heterocycles. The molecule has 0 spiro atoms. The van der Waals surface area contributed by atoms with Crippen LogP contribution < -0.4 is 15.4 Å². The van der Waals surface area contributed by atoms with Gasteiger partial charge in [0, 0.05) is 6.42 Å². The van der Waals surface area contributed by atoms with Crippen LogP contribution >= 0.6 is 0 Å². The molecule has 0 radical (unpaired) electrons. The average Bonchev–Trinajstić information content (AvgIpc) is 3.01. The number of carbonyl (C=O) groups excluding carboxylic acids is 2. The van der Waals surface area contributed by atoms with Gasteiger partial charge in [-0.15, -0.1) is 0 Å². The standard InChI is InChI=1S/C19H19FN2O3/c20-15-6-3-4-13(8-15)9-18(23)22-12-19(24)21-11-16-10-14-5-1-2-7-17(14)25-16/h1-8,16H,9-12H2,(H,21,24)(H,22,23). The molecular weight excluding hydrogens is 323 g/mol. The van der Waals surface area contributed by atoms with Gasteiger partial charge < -0.3 is 15.4 Å². The minimum Gasteiger partial charge on any atom is -0.488 e. The van der Waals surface area contributed by atoms with Gasteiger partial charge >= 0.3 is 0 Å². The van der Waals surface area contributed by atoms with Gasteiger partial charge in [0.05, 0.1) is 19.5 Å². The molecule has 0 aromatic heterocycles. The number of benzene rings is 2. The molecule has 25 heavy (non-hydrogen) atoms. The Morgan fingerprint density at radius 2 is 1.92 bits per heavy atom. The van der Waals surface area contributed by atoms with E-state index in [2.05, 4.69) is 10.6 Å². The predicted octanol–water partition coefficient (Wildman–Crippen LogP) is 1.60. The third-order valence-corrected chi connectivity index (χ3v) is 3.94. The third kappa shape index (κ3) is 4.79. The molecule has 0 bridgehead atoms. The van der Waals surface area contributed by atoms with E-state index in [1.165, 1.54) is 12.1 Å². The Morgan fingerprint density at radius 3 is 2.72 bits per heavy atom. The maximum atomic E-state index is 13.1. The van der Waals surface area contributed by atoms with Crippen molar-refractivity contribution in [3.05, 3.63) is 65.5 Å². The van der Waals surface area contributed by atoms with Crippen molar-refractivity contribution in [2.24, 2.45) is 0 Å². The van der Waals surface area contributed by atoms with Gasteiger partial charge in [0.2, 0.25) is 11.8 Å². The van der Waals surface area contributed by atoms with E-state index in [4.69, 9.17) is 4.74 Å². The average molecular weight is 342 g/mol. The molecule has 2 amide bonds. The molecule has 130 valence electrons. The summed E-state index contributed by atoms with van der Waals surface area (Å²) in [4.78, 5) is 23.6. The van der Waals surface area contributed by atoms with Crippen LogP contribution in [-0.4, -0.2) is 31.0 Å². The molecule has 1 atom stereocenters. The van der Waals surface area contributed by atoms with Gasteiger partial charge in [-0.1, -0.05) is 30.3 Å². The molecule has 0 fully saturated rings. The van der Waals surface area contributed by atoms with E-state index in [0.29, 0.717) is 12.1 Å². The summed E-state index contributed by atoms with van der Waals surface area (Å²) in [7, 11) is 0. The van der Waals surface area contributed by atoms with Crippen LogP contribution in [-0.2, 0) is 22.4 Å². The number of ether oxygens (including phenoxy) is 1. The zero-order chi connectivity index (χ0) is 17.6. The number of fused-ring (bicyclic) bond motifs is 1. The molecule has 2 aromatic rings. The molecular formula is C19H19FN2O3. The van der Waals surface area contributed by atoms with E-state index in [1.54, 1.807) is 12.1 Å². The third-order valence-electron chi connectivity index (χ3n) is 3.94. The Kier molecular flexibility index (Phi) is 5.28. The molecule has 1 unspecified atom stereocenters. The van der Waals surface area contributed by atoms with Crippen molar-refractivity contribution in [2.45, 2.75) is 18.9 Å². The Morgan fingerprint density at radius 1 is 1.08 bits per heavy atom. The minimum absolute atomic E-state index is 0.0338. The summed E-state index contributed by atoms with van der Waals surface area (Å²) in [6.07, 6.45) is 0.693. The molecule has 2 N–H and O–H groups in total. The fraction of sp³-hybridized carbons (Fsp3) is 0.263. The highest BCUT2D eigenvalue weighted by atomic mass is 19.1. The lowest BCUT2D eigenvalue weighted by Crippen LogP contribution is -2.41. The van der Waals surface area contributed by atoms with Crippen LogP contribution in [0.2, 0.25) is 0 Å². The van der Waals surface area contributed by atoms with E-state index >= 15 is 0 Å². The topological polar surface area (TPSA) is 67.4 Å². The molecule has 0 aliphatic carbocycles. The van der Waals surface area contributed by atoms with Gasteiger partial charge in [-0.3, -0.25) is 9.59 Å². The number of halogens is 1. The second-order valence-corrected chi connectivity index (χ2v) is 5.94. The van der Waals surface area contributed by atoms with E-state index in [-0.39, 0.29) is 36.7 Å². The van der Waals surface area contributed by atoms with Crippen molar-refractivity contribution in [3.8, 4) is 5.75 Å². The quantitative estimate of drug-likeness (QED) is 0.838. The van der Waals surface area contributed by atoms with Crippen molar-refractivity contribution >= 4 is 11.8 Å². The molecule has 0 saturated heterocycles. The number of hydrogen-bond donors (Lipinski definition) is 2.